The van der Waals surface area contributed by atoms with Gasteiger partial charge in [0.05, 0.1) is 5.84 Å². The number of amides is 1. The van der Waals surface area contributed by atoms with E-state index in [1.54, 1.807) is 14.0 Å². The Hall–Kier alpha value is -1.06. The summed E-state index contributed by atoms with van der Waals surface area (Å²) in [5, 5.41) is 2.51. The molecule has 0 fully saturated rings. The number of likely N-dealkylation sites (N-methyl/N-ethyl adjacent to an activating group) is 1. The molecule has 1 atom stereocenters. The van der Waals surface area contributed by atoms with Gasteiger partial charge in [-0.2, -0.15) is 0 Å². The summed E-state index contributed by atoms with van der Waals surface area (Å²) in [5.74, 6) is 0.447. The van der Waals surface area contributed by atoms with E-state index in [1.807, 2.05) is 6.92 Å². The van der Waals surface area contributed by atoms with Gasteiger partial charge in [-0.1, -0.05) is 6.92 Å². The second-order valence-electron chi connectivity index (χ2n) is 2.66. The number of carbonyl (C=O) groups excluding carboxylic acids is 1. The van der Waals surface area contributed by atoms with Crippen molar-refractivity contribution < 1.29 is 4.79 Å². The third-order valence-electron chi connectivity index (χ3n) is 1.49. The van der Waals surface area contributed by atoms with Gasteiger partial charge in [0, 0.05) is 13.5 Å². The molecule has 12 heavy (non-hydrogen) atoms. The third-order valence-corrected chi connectivity index (χ3v) is 1.49. The molecule has 3 N–H and O–H groups in total. The summed E-state index contributed by atoms with van der Waals surface area (Å²) < 4.78 is 0. The molecule has 1 unspecified atom stereocenters. The van der Waals surface area contributed by atoms with Crippen LogP contribution in [0.3, 0.4) is 0 Å². The Bertz CT molecular complexity index is 177. The second kappa shape index (κ2) is 5.57. The predicted molar refractivity (Wildman–Crippen MR) is 50.1 cm³/mol. The van der Waals surface area contributed by atoms with Crippen molar-refractivity contribution in [3.05, 3.63) is 0 Å². The first-order valence-electron chi connectivity index (χ1n) is 4.15. The Morgan fingerprint density at radius 2 is 2.25 bits per heavy atom. The first-order valence-corrected chi connectivity index (χ1v) is 4.15. The molecular formula is C8H17N3O. The highest BCUT2D eigenvalue weighted by atomic mass is 16.2. The molecule has 70 valence electrons. The van der Waals surface area contributed by atoms with E-state index < -0.39 is 0 Å². The normalized spacial score (nSPS) is 14.1. The number of carbonyl (C=O) groups is 1. The van der Waals surface area contributed by atoms with Crippen LogP contribution in [0.5, 0.6) is 0 Å². The fraction of sp³-hybridized carbons (Fsp3) is 0.750. The first-order chi connectivity index (χ1) is 5.61. The molecule has 4 heteroatoms. The average Bonchev–Trinajstić information content (AvgIpc) is 2.03. The van der Waals surface area contributed by atoms with E-state index >= 15 is 0 Å². The van der Waals surface area contributed by atoms with E-state index in [-0.39, 0.29) is 11.9 Å². The van der Waals surface area contributed by atoms with Gasteiger partial charge >= 0.3 is 0 Å². The van der Waals surface area contributed by atoms with Crippen LogP contribution < -0.4 is 11.1 Å². The number of nitrogens with zero attached hydrogens (tertiary/aromatic N) is 1. The van der Waals surface area contributed by atoms with Crippen LogP contribution in [-0.2, 0) is 4.79 Å². The second-order valence-corrected chi connectivity index (χ2v) is 2.66. The molecule has 0 aliphatic heterocycles. The van der Waals surface area contributed by atoms with Crippen molar-refractivity contribution in [3.63, 3.8) is 0 Å². The van der Waals surface area contributed by atoms with Crippen molar-refractivity contribution in [1.29, 1.82) is 0 Å². The van der Waals surface area contributed by atoms with Crippen LogP contribution in [-0.4, -0.2) is 24.8 Å². The van der Waals surface area contributed by atoms with Crippen molar-refractivity contribution in [2.75, 3.05) is 7.05 Å². The van der Waals surface area contributed by atoms with Crippen LogP contribution in [0.25, 0.3) is 0 Å². The van der Waals surface area contributed by atoms with Crippen LogP contribution in [0.1, 0.15) is 26.7 Å². The highest BCUT2D eigenvalue weighted by Crippen LogP contribution is 1.93. The molecule has 0 saturated carbocycles. The Morgan fingerprint density at radius 3 is 2.67 bits per heavy atom. The van der Waals surface area contributed by atoms with Gasteiger partial charge in [-0.05, 0) is 13.3 Å². The number of hydrogen-bond acceptors (Lipinski definition) is 2. The molecule has 0 radical (unpaired) electrons. The molecule has 0 aromatic carbocycles. The molecule has 0 saturated heterocycles. The lowest BCUT2D eigenvalue weighted by atomic mass is 10.3. The topological polar surface area (TPSA) is 67.5 Å². The van der Waals surface area contributed by atoms with Crippen molar-refractivity contribution >= 4 is 11.7 Å². The highest BCUT2D eigenvalue weighted by Gasteiger charge is 2.08. The Kier molecular flexibility index (Phi) is 5.08. The number of amidine groups is 1. The van der Waals surface area contributed by atoms with Crippen LogP contribution in [0.2, 0.25) is 0 Å². The van der Waals surface area contributed by atoms with E-state index in [0.29, 0.717) is 5.84 Å². The fourth-order valence-electron chi connectivity index (χ4n) is 0.837. The molecular weight excluding hydrogens is 154 g/mol. The van der Waals surface area contributed by atoms with Crippen LogP contribution in [0.4, 0.5) is 0 Å². The van der Waals surface area contributed by atoms with Gasteiger partial charge in [-0.3, -0.25) is 9.79 Å². The number of nitrogens with one attached hydrogen (secondary N) is 1. The zero-order valence-corrected chi connectivity index (χ0v) is 7.92. The minimum atomic E-state index is -0.374. The third kappa shape index (κ3) is 3.95. The summed E-state index contributed by atoms with van der Waals surface area (Å²) in [7, 11) is 1.59. The van der Waals surface area contributed by atoms with Gasteiger partial charge in [-0.25, -0.2) is 0 Å². The summed E-state index contributed by atoms with van der Waals surface area (Å²) in [5.41, 5.74) is 5.55. The summed E-state index contributed by atoms with van der Waals surface area (Å²) in [6.45, 7) is 3.74. The van der Waals surface area contributed by atoms with Gasteiger partial charge in [-0.15, -0.1) is 0 Å². The largest absolute Gasteiger partial charge is 0.387 e. The van der Waals surface area contributed by atoms with Gasteiger partial charge in [0.25, 0.3) is 0 Å². The summed E-state index contributed by atoms with van der Waals surface area (Å²) in [6, 6.07) is -0.374. The Balaban J connectivity index is 4.03. The maximum absolute atomic E-state index is 11.0. The molecule has 0 heterocycles. The number of hydrogen-bond donors (Lipinski definition) is 2. The minimum Gasteiger partial charge on any atom is -0.387 e. The van der Waals surface area contributed by atoms with Crippen molar-refractivity contribution in [2.45, 2.75) is 32.7 Å². The van der Waals surface area contributed by atoms with Crippen molar-refractivity contribution in [2.24, 2.45) is 10.7 Å². The standard InChI is InChI=1S/C8H17N3O/c1-4-5-7(9)11-6(2)8(12)10-3/h6H,4-5H2,1-3H3,(H2,9,11)(H,10,12). The van der Waals surface area contributed by atoms with Gasteiger partial charge in [0.1, 0.15) is 6.04 Å². The minimum absolute atomic E-state index is 0.103. The van der Waals surface area contributed by atoms with E-state index in [0.717, 1.165) is 12.8 Å². The Labute approximate surface area is 73.2 Å². The predicted octanol–water partition coefficient (Wildman–Crippen LogP) is 0.278. The van der Waals surface area contributed by atoms with Gasteiger partial charge in [0.2, 0.25) is 5.91 Å². The SMILES string of the molecule is CCCC(N)=NC(C)C(=O)NC. The van der Waals surface area contributed by atoms with Crippen LogP contribution in [0, 0.1) is 0 Å². The van der Waals surface area contributed by atoms with E-state index in [1.165, 1.54) is 0 Å². The summed E-state index contributed by atoms with van der Waals surface area (Å²) in [6.07, 6.45) is 1.71. The zero-order chi connectivity index (χ0) is 9.56. The Morgan fingerprint density at radius 1 is 1.67 bits per heavy atom. The molecule has 0 aliphatic carbocycles. The molecule has 4 nitrogen and oxygen atoms in total. The molecule has 0 spiro atoms. The summed E-state index contributed by atoms with van der Waals surface area (Å²) in [4.78, 5) is 15.0. The van der Waals surface area contributed by atoms with E-state index in [9.17, 15) is 4.79 Å². The maximum Gasteiger partial charge on any atom is 0.244 e. The van der Waals surface area contributed by atoms with Crippen molar-refractivity contribution in [1.82, 2.24) is 5.32 Å². The van der Waals surface area contributed by atoms with E-state index in [2.05, 4.69) is 10.3 Å². The zero-order valence-electron chi connectivity index (χ0n) is 7.92. The van der Waals surface area contributed by atoms with Crippen molar-refractivity contribution in [3.8, 4) is 0 Å². The first kappa shape index (κ1) is 10.9. The number of nitrogens with two attached hydrogens (primary N) is 1. The quantitative estimate of drug-likeness (QED) is 0.471. The summed E-state index contributed by atoms with van der Waals surface area (Å²) >= 11 is 0. The number of rotatable bonds is 4. The lowest BCUT2D eigenvalue weighted by Gasteiger charge is -2.05. The van der Waals surface area contributed by atoms with Crippen LogP contribution >= 0.6 is 0 Å². The monoisotopic (exact) mass is 171 g/mol. The van der Waals surface area contributed by atoms with Crippen LogP contribution in [0.15, 0.2) is 4.99 Å². The number of aliphatic imine (C=N–C) groups is 1. The molecule has 0 rings (SSSR count). The molecule has 0 aliphatic rings. The lowest BCUT2D eigenvalue weighted by molar-refractivity contribution is -0.121. The van der Waals surface area contributed by atoms with E-state index in [4.69, 9.17) is 5.73 Å². The molecule has 0 bridgehead atoms. The molecule has 1 amide bonds. The lowest BCUT2D eigenvalue weighted by Crippen LogP contribution is -2.30. The molecule has 0 aromatic rings. The maximum atomic E-state index is 11.0. The highest BCUT2D eigenvalue weighted by molar-refractivity contribution is 5.87. The fourth-order valence-corrected chi connectivity index (χ4v) is 0.837. The average molecular weight is 171 g/mol. The van der Waals surface area contributed by atoms with Gasteiger partial charge in [0.15, 0.2) is 0 Å². The van der Waals surface area contributed by atoms with Gasteiger partial charge < -0.3 is 11.1 Å². The smallest absolute Gasteiger partial charge is 0.244 e. The molecule has 0 aromatic heterocycles.